The van der Waals surface area contributed by atoms with E-state index in [0.717, 1.165) is 34.9 Å². The maximum atomic E-state index is 13.9. The van der Waals surface area contributed by atoms with Gasteiger partial charge < -0.3 is 30.3 Å². The van der Waals surface area contributed by atoms with Gasteiger partial charge in [0, 0.05) is 47.2 Å². The third-order valence-corrected chi connectivity index (χ3v) is 9.07. The van der Waals surface area contributed by atoms with Gasteiger partial charge in [0.1, 0.15) is 0 Å². The van der Waals surface area contributed by atoms with E-state index in [0.29, 0.717) is 23.5 Å². The minimum atomic E-state index is -1.78. The van der Waals surface area contributed by atoms with Crippen LogP contribution in [0.4, 0.5) is 11.4 Å². The van der Waals surface area contributed by atoms with Crippen LogP contribution in [0.3, 0.4) is 0 Å². The van der Waals surface area contributed by atoms with Crippen LogP contribution in [-0.2, 0) is 33.0 Å². The molecule has 9 nitrogen and oxygen atoms in total. The average Bonchev–Trinajstić information content (AvgIpc) is 3.75. The van der Waals surface area contributed by atoms with E-state index in [-0.39, 0.29) is 43.8 Å². The Labute approximate surface area is 262 Å². The van der Waals surface area contributed by atoms with Crippen molar-refractivity contribution in [1.29, 1.82) is 0 Å². The van der Waals surface area contributed by atoms with Crippen LogP contribution in [-0.4, -0.2) is 57.0 Å². The number of rotatable bonds is 10. The van der Waals surface area contributed by atoms with Crippen LogP contribution in [0.1, 0.15) is 42.9 Å². The van der Waals surface area contributed by atoms with Crippen molar-refractivity contribution in [3.8, 4) is 0 Å². The van der Waals surface area contributed by atoms with Gasteiger partial charge in [-0.1, -0.05) is 67.6 Å². The topological polar surface area (TPSA) is 126 Å². The molecule has 2 aliphatic heterocycles. The Kier molecular flexibility index (Phi) is 8.56. The number of aliphatic hydroxyl groups excluding tert-OH is 1. The zero-order chi connectivity index (χ0) is 31.6. The van der Waals surface area contributed by atoms with Crippen molar-refractivity contribution in [2.24, 2.45) is 5.92 Å². The first-order chi connectivity index (χ1) is 21.8. The van der Waals surface area contributed by atoms with Crippen molar-refractivity contribution in [1.82, 2.24) is 9.88 Å². The van der Waals surface area contributed by atoms with E-state index >= 15 is 0 Å². The third-order valence-electron chi connectivity index (χ3n) is 9.07. The highest BCUT2D eigenvalue weighted by molar-refractivity contribution is 6.07. The van der Waals surface area contributed by atoms with Crippen molar-refractivity contribution in [3.05, 3.63) is 108 Å². The number of nitrogens with one attached hydrogen (secondary N) is 2. The van der Waals surface area contributed by atoms with Crippen molar-refractivity contribution < 1.29 is 24.6 Å². The van der Waals surface area contributed by atoms with E-state index in [4.69, 9.17) is 0 Å². The summed E-state index contributed by atoms with van der Waals surface area (Å²) < 4.78 is 0. The molecule has 1 saturated heterocycles. The van der Waals surface area contributed by atoms with E-state index in [1.54, 1.807) is 41.0 Å². The first-order valence-corrected chi connectivity index (χ1v) is 15.4. The summed E-state index contributed by atoms with van der Waals surface area (Å²) in [7, 11) is 0. The van der Waals surface area contributed by atoms with Crippen LogP contribution in [0.5, 0.6) is 0 Å². The monoisotopic (exact) mass is 606 g/mol. The van der Waals surface area contributed by atoms with Gasteiger partial charge in [-0.2, -0.15) is 0 Å². The summed E-state index contributed by atoms with van der Waals surface area (Å²) in [5.74, 6) is -1.22. The van der Waals surface area contributed by atoms with Gasteiger partial charge in [0.05, 0.1) is 31.3 Å². The van der Waals surface area contributed by atoms with Crippen molar-refractivity contribution >= 4 is 40.0 Å². The van der Waals surface area contributed by atoms with Gasteiger partial charge >= 0.3 is 0 Å². The summed E-state index contributed by atoms with van der Waals surface area (Å²) in [5.41, 5.74) is 2.80. The number of carbonyl (C=O) groups is 3. The molecule has 1 fully saturated rings. The molecule has 2 aliphatic rings. The molecule has 1 aromatic heterocycles. The standard InChI is InChI=1S/C36H38N4O5/c1-24(8-6-14-34(43)39-19-7-9-28(39)23-41)36(45)30-11-3-5-13-32(30)40(35(36)44)22-25-15-17-27(18-16-25)38-33(42)20-26-21-37-31-12-4-2-10-29(26)31/h2-6,8,10-13,15-18,21,24,28,37,41,45H,7,9,14,19-20,22-23H2,1H3,(H,38,42)/b8-6+/t24-,28-,36+/m0/s1. The lowest BCUT2D eigenvalue weighted by atomic mass is 9.83. The smallest absolute Gasteiger partial charge is 0.264 e. The number of hydrogen-bond acceptors (Lipinski definition) is 5. The minimum absolute atomic E-state index is 0.0457. The van der Waals surface area contributed by atoms with E-state index in [1.165, 1.54) is 0 Å². The molecule has 6 rings (SSSR count). The molecule has 0 unspecified atom stereocenters. The predicted molar refractivity (Wildman–Crippen MR) is 173 cm³/mol. The number of fused-ring (bicyclic) bond motifs is 2. The lowest BCUT2D eigenvalue weighted by molar-refractivity contribution is -0.139. The molecule has 3 atom stereocenters. The number of aromatic nitrogens is 1. The number of aliphatic hydroxyl groups is 2. The van der Waals surface area contributed by atoms with Crippen molar-refractivity contribution in [3.63, 3.8) is 0 Å². The number of hydrogen-bond donors (Lipinski definition) is 4. The zero-order valence-electron chi connectivity index (χ0n) is 25.3. The van der Waals surface area contributed by atoms with Crippen LogP contribution < -0.4 is 10.2 Å². The van der Waals surface area contributed by atoms with Gasteiger partial charge in [-0.15, -0.1) is 0 Å². The van der Waals surface area contributed by atoms with Gasteiger partial charge in [0.25, 0.3) is 5.91 Å². The number of carbonyl (C=O) groups excluding carboxylic acids is 3. The Morgan fingerprint density at radius 3 is 2.64 bits per heavy atom. The number of H-pyrrole nitrogens is 1. The molecule has 9 heteroatoms. The van der Waals surface area contributed by atoms with Gasteiger partial charge in [0.2, 0.25) is 11.8 Å². The molecular weight excluding hydrogens is 568 g/mol. The second-order valence-electron chi connectivity index (χ2n) is 11.9. The summed E-state index contributed by atoms with van der Waals surface area (Å²) >= 11 is 0. The Morgan fingerprint density at radius 2 is 1.84 bits per heavy atom. The molecule has 4 aromatic rings. The summed E-state index contributed by atoms with van der Waals surface area (Å²) in [6.07, 6.45) is 7.35. The number of anilines is 2. The zero-order valence-corrected chi connectivity index (χ0v) is 25.3. The number of benzene rings is 3. The second kappa shape index (κ2) is 12.7. The Morgan fingerprint density at radius 1 is 1.09 bits per heavy atom. The fraction of sp³-hybridized carbons (Fsp3) is 0.306. The van der Waals surface area contributed by atoms with Gasteiger partial charge in [-0.25, -0.2) is 0 Å². The SMILES string of the molecule is C[C@@H](/C=C/CC(=O)N1CCC[C@H]1CO)[C@]1(O)C(=O)N(Cc2ccc(NC(=O)Cc3c[nH]c4ccccc34)cc2)c2ccccc21. The number of aromatic amines is 1. The summed E-state index contributed by atoms with van der Waals surface area (Å²) in [6, 6.07) is 22.3. The summed E-state index contributed by atoms with van der Waals surface area (Å²) in [4.78, 5) is 45.8. The average molecular weight is 607 g/mol. The maximum absolute atomic E-state index is 13.9. The molecule has 0 aliphatic carbocycles. The van der Waals surface area contributed by atoms with E-state index in [9.17, 15) is 24.6 Å². The quantitative estimate of drug-likeness (QED) is 0.196. The molecular formula is C36H38N4O5. The first kappa shape index (κ1) is 30.3. The normalized spacial score (nSPS) is 20.2. The molecule has 3 amide bonds. The van der Waals surface area contributed by atoms with Crippen molar-refractivity contribution in [2.45, 2.75) is 50.8 Å². The fourth-order valence-electron chi connectivity index (χ4n) is 6.57. The highest BCUT2D eigenvalue weighted by atomic mass is 16.3. The van der Waals surface area contributed by atoms with Crippen LogP contribution in [0.15, 0.2) is 91.1 Å². The highest BCUT2D eigenvalue weighted by Crippen LogP contribution is 2.45. The third kappa shape index (κ3) is 5.89. The molecule has 0 radical (unpaired) electrons. The Hall–Kier alpha value is -4.73. The molecule has 0 spiro atoms. The van der Waals surface area contributed by atoms with E-state index in [2.05, 4.69) is 10.3 Å². The summed E-state index contributed by atoms with van der Waals surface area (Å²) in [6.45, 7) is 2.61. The van der Waals surface area contributed by atoms with E-state index in [1.807, 2.05) is 66.9 Å². The Balaban J connectivity index is 1.11. The minimum Gasteiger partial charge on any atom is -0.394 e. The van der Waals surface area contributed by atoms with Crippen LogP contribution in [0.2, 0.25) is 0 Å². The van der Waals surface area contributed by atoms with Gasteiger partial charge in [0.15, 0.2) is 5.60 Å². The number of amides is 3. The van der Waals surface area contributed by atoms with Crippen LogP contribution in [0, 0.1) is 5.92 Å². The van der Waals surface area contributed by atoms with Crippen LogP contribution in [0.25, 0.3) is 10.9 Å². The van der Waals surface area contributed by atoms with Gasteiger partial charge in [-0.3, -0.25) is 14.4 Å². The number of nitrogens with zero attached hydrogens (tertiary/aromatic N) is 2. The second-order valence-corrected chi connectivity index (χ2v) is 11.9. The fourth-order valence-corrected chi connectivity index (χ4v) is 6.57. The van der Waals surface area contributed by atoms with Gasteiger partial charge in [-0.05, 0) is 48.2 Å². The molecule has 232 valence electrons. The predicted octanol–water partition coefficient (Wildman–Crippen LogP) is 4.65. The molecule has 0 bridgehead atoms. The van der Waals surface area contributed by atoms with Crippen molar-refractivity contribution in [2.75, 3.05) is 23.4 Å². The molecule has 45 heavy (non-hydrogen) atoms. The lowest BCUT2D eigenvalue weighted by Gasteiger charge is -2.28. The highest BCUT2D eigenvalue weighted by Gasteiger charge is 2.52. The Bertz CT molecular complexity index is 1750. The lowest BCUT2D eigenvalue weighted by Crippen LogP contribution is -2.44. The number of likely N-dealkylation sites (tertiary alicyclic amines) is 1. The largest absolute Gasteiger partial charge is 0.394 e. The van der Waals surface area contributed by atoms with E-state index < -0.39 is 17.4 Å². The molecule has 4 N–H and O–H groups in total. The maximum Gasteiger partial charge on any atom is 0.264 e. The molecule has 0 saturated carbocycles. The molecule has 3 heterocycles. The first-order valence-electron chi connectivity index (χ1n) is 15.4. The number of para-hydroxylation sites is 2. The molecule has 3 aromatic carbocycles. The van der Waals surface area contributed by atoms with Crippen LogP contribution >= 0.6 is 0 Å². The summed E-state index contributed by atoms with van der Waals surface area (Å²) in [5, 5.41) is 25.4.